The van der Waals surface area contributed by atoms with E-state index >= 15 is 0 Å². The van der Waals surface area contributed by atoms with Crippen LogP contribution in [0.3, 0.4) is 0 Å². The van der Waals surface area contributed by atoms with Crippen LogP contribution in [0.4, 0.5) is 0 Å². The third-order valence-corrected chi connectivity index (χ3v) is 3.13. The Labute approximate surface area is 118 Å². The number of ketones is 1. The van der Waals surface area contributed by atoms with E-state index < -0.39 is 5.54 Å². The first-order chi connectivity index (χ1) is 9.55. The highest BCUT2D eigenvalue weighted by Crippen LogP contribution is 2.24. The van der Waals surface area contributed by atoms with Crippen LogP contribution in [0.25, 0.3) is 0 Å². The zero-order valence-electron chi connectivity index (χ0n) is 11.7. The zero-order chi connectivity index (χ0) is 14.6. The van der Waals surface area contributed by atoms with E-state index in [1.165, 1.54) is 6.20 Å². The normalized spacial score (nSPS) is 13.6. The topological polar surface area (TPSA) is 65.2 Å². The number of Topliss-reactive ketones (excluding diaryl/α,β-unsaturated/α-hetero) is 1. The molecule has 0 saturated carbocycles. The summed E-state index contributed by atoms with van der Waals surface area (Å²) >= 11 is 0. The molecule has 2 N–H and O–H groups in total. The number of nitrogens with zero attached hydrogens (tertiary/aromatic N) is 1. The van der Waals surface area contributed by atoms with Crippen LogP contribution >= 0.6 is 0 Å². The van der Waals surface area contributed by atoms with Gasteiger partial charge in [-0.2, -0.15) is 0 Å². The van der Waals surface area contributed by atoms with E-state index in [4.69, 9.17) is 10.5 Å². The first-order valence-electron chi connectivity index (χ1n) is 6.52. The molecule has 2 aromatic rings. The number of carbonyl (C=O) groups is 1. The molecule has 0 saturated heterocycles. The molecule has 1 aromatic carbocycles. The summed E-state index contributed by atoms with van der Waals surface area (Å²) in [5.41, 5.74) is 6.35. The van der Waals surface area contributed by atoms with E-state index in [1.54, 1.807) is 19.2 Å². The second-order valence-electron chi connectivity index (χ2n) is 4.74. The minimum absolute atomic E-state index is 0.183. The second-order valence-corrected chi connectivity index (χ2v) is 4.74. The van der Waals surface area contributed by atoms with Crippen molar-refractivity contribution < 1.29 is 9.53 Å². The fraction of sp³-hybridized carbons (Fsp3) is 0.250. The molecule has 0 aliphatic rings. The van der Waals surface area contributed by atoms with Gasteiger partial charge < -0.3 is 10.5 Å². The van der Waals surface area contributed by atoms with Crippen LogP contribution in [-0.4, -0.2) is 17.4 Å². The molecule has 4 nitrogen and oxygen atoms in total. The molecule has 2 rings (SSSR count). The van der Waals surface area contributed by atoms with Gasteiger partial charge in [0.1, 0.15) is 11.3 Å². The molecule has 0 amide bonds. The molecule has 0 aliphatic heterocycles. The zero-order valence-corrected chi connectivity index (χ0v) is 11.7. The van der Waals surface area contributed by atoms with Crippen molar-refractivity contribution in [2.24, 2.45) is 5.73 Å². The maximum Gasteiger partial charge on any atom is 0.188 e. The SMILES string of the molecule is CCOc1cncc(C(=O)C(C)(N)c2ccccc2)c1. The molecule has 0 fully saturated rings. The number of ether oxygens (including phenoxy) is 1. The molecule has 104 valence electrons. The highest BCUT2D eigenvalue weighted by Gasteiger charge is 2.31. The fourth-order valence-electron chi connectivity index (χ4n) is 2.00. The Bertz CT molecular complexity index is 594. The van der Waals surface area contributed by atoms with Crippen LogP contribution in [0.15, 0.2) is 48.8 Å². The summed E-state index contributed by atoms with van der Waals surface area (Å²) < 4.78 is 5.36. The van der Waals surface area contributed by atoms with Crippen molar-refractivity contribution in [3.8, 4) is 5.75 Å². The largest absolute Gasteiger partial charge is 0.492 e. The van der Waals surface area contributed by atoms with Gasteiger partial charge in [0, 0.05) is 11.8 Å². The fourth-order valence-corrected chi connectivity index (χ4v) is 2.00. The quantitative estimate of drug-likeness (QED) is 0.848. The predicted octanol–water partition coefficient (Wildman–Crippen LogP) is 2.54. The Kier molecular flexibility index (Phi) is 4.15. The van der Waals surface area contributed by atoms with Crippen molar-refractivity contribution in [3.63, 3.8) is 0 Å². The number of pyridine rings is 1. The van der Waals surface area contributed by atoms with Crippen LogP contribution < -0.4 is 10.5 Å². The molecule has 0 spiro atoms. The number of aromatic nitrogens is 1. The van der Waals surface area contributed by atoms with E-state index in [0.717, 1.165) is 5.56 Å². The molecule has 0 bridgehead atoms. The summed E-state index contributed by atoms with van der Waals surface area (Å²) in [5.74, 6) is 0.389. The summed E-state index contributed by atoms with van der Waals surface area (Å²) in [6.07, 6.45) is 3.09. The molecule has 4 heteroatoms. The maximum atomic E-state index is 12.6. The molecule has 1 heterocycles. The van der Waals surface area contributed by atoms with Crippen molar-refractivity contribution >= 4 is 5.78 Å². The Morgan fingerprint density at radius 2 is 2.00 bits per heavy atom. The van der Waals surface area contributed by atoms with Gasteiger partial charge in [-0.15, -0.1) is 0 Å². The highest BCUT2D eigenvalue weighted by molar-refractivity contribution is 6.03. The number of rotatable bonds is 5. The van der Waals surface area contributed by atoms with Crippen molar-refractivity contribution in [3.05, 3.63) is 59.9 Å². The lowest BCUT2D eigenvalue weighted by molar-refractivity contribution is 0.0899. The van der Waals surface area contributed by atoms with Crippen LogP contribution in [0.2, 0.25) is 0 Å². The number of hydrogen-bond donors (Lipinski definition) is 1. The highest BCUT2D eigenvalue weighted by atomic mass is 16.5. The smallest absolute Gasteiger partial charge is 0.188 e. The summed E-state index contributed by atoms with van der Waals surface area (Å²) in [5, 5.41) is 0. The van der Waals surface area contributed by atoms with Crippen LogP contribution in [0, 0.1) is 0 Å². The summed E-state index contributed by atoms with van der Waals surface area (Å²) in [4.78, 5) is 16.6. The lowest BCUT2D eigenvalue weighted by Crippen LogP contribution is -2.41. The van der Waals surface area contributed by atoms with Crippen molar-refractivity contribution in [1.82, 2.24) is 4.98 Å². The average Bonchev–Trinajstić information content (AvgIpc) is 2.48. The Hall–Kier alpha value is -2.20. The van der Waals surface area contributed by atoms with Gasteiger partial charge in [0.15, 0.2) is 5.78 Å². The monoisotopic (exact) mass is 270 g/mol. The first kappa shape index (κ1) is 14.2. The maximum absolute atomic E-state index is 12.6. The van der Waals surface area contributed by atoms with E-state index in [1.807, 2.05) is 37.3 Å². The Balaban J connectivity index is 2.33. The van der Waals surface area contributed by atoms with Crippen LogP contribution in [0.5, 0.6) is 5.75 Å². The molecular weight excluding hydrogens is 252 g/mol. The Morgan fingerprint density at radius 1 is 1.30 bits per heavy atom. The standard InChI is InChI=1S/C16H18N2O2/c1-3-20-14-9-12(10-18-11-14)15(19)16(2,17)13-7-5-4-6-8-13/h4-11H,3,17H2,1-2H3. The first-order valence-corrected chi connectivity index (χ1v) is 6.52. The van der Waals surface area contributed by atoms with Gasteiger partial charge in [0.05, 0.1) is 12.8 Å². The summed E-state index contributed by atoms with van der Waals surface area (Å²) in [6, 6.07) is 11.0. The third kappa shape index (κ3) is 2.86. The molecule has 0 radical (unpaired) electrons. The molecule has 1 unspecified atom stereocenters. The van der Waals surface area contributed by atoms with Crippen molar-refractivity contribution in [1.29, 1.82) is 0 Å². The third-order valence-electron chi connectivity index (χ3n) is 3.13. The predicted molar refractivity (Wildman–Crippen MR) is 77.7 cm³/mol. The van der Waals surface area contributed by atoms with Gasteiger partial charge in [-0.1, -0.05) is 30.3 Å². The Morgan fingerprint density at radius 3 is 2.65 bits per heavy atom. The van der Waals surface area contributed by atoms with E-state index in [0.29, 0.717) is 17.9 Å². The van der Waals surface area contributed by atoms with Crippen LogP contribution in [-0.2, 0) is 5.54 Å². The number of carbonyl (C=O) groups excluding carboxylic acids is 1. The number of hydrogen-bond acceptors (Lipinski definition) is 4. The molecule has 0 aliphatic carbocycles. The van der Waals surface area contributed by atoms with Gasteiger partial charge in [-0.05, 0) is 25.5 Å². The van der Waals surface area contributed by atoms with Gasteiger partial charge in [-0.3, -0.25) is 9.78 Å². The molecule has 1 aromatic heterocycles. The second kappa shape index (κ2) is 5.84. The lowest BCUT2D eigenvalue weighted by atomic mass is 9.86. The minimum atomic E-state index is -1.09. The van der Waals surface area contributed by atoms with Crippen molar-refractivity contribution in [2.45, 2.75) is 19.4 Å². The van der Waals surface area contributed by atoms with E-state index in [2.05, 4.69) is 4.98 Å². The molecule has 1 atom stereocenters. The van der Waals surface area contributed by atoms with Gasteiger partial charge in [0.2, 0.25) is 0 Å². The average molecular weight is 270 g/mol. The van der Waals surface area contributed by atoms with Gasteiger partial charge in [-0.25, -0.2) is 0 Å². The molecular formula is C16H18N2O2. The van der Waals surface area contributed by atoms with E-state index in [9.17, 15) is 4.79 Å². The van der Waals surface area contributed by atoms with Gasteiger partial charge >= 0.3 is 0 Å². The van der Waals surface area contributed by atoms with E-state index in [-0.39, 0.29) is 5.78 Å². The lowest BCUT2D eigenvalue weighted by Gasteiger charge is -2.23. The summed E-state index contributed by atoms with van der Waals surface area (Å²) in [7, 11) is 0. The number of nitrogens with two attached hydrogens (primary N) is 1. The minimum Gasteiger partial charge on any atom is -0.492 e. The number of benzene rings is 1. The van der Waals surface area contributed by atoms with Crippen LogP contribution in [0.1, 0.15) is 29.8 Å². The van der Waals surface area contributed by atoms with Crippen molar-refractivity contribution in [2.75, 3.05) is 6.61 Å². The van der Waals surface area contributed by atoms with Gasteiger partial charge in [0.25, 0.3) is 0 Å². The molecule has 20 heavy (non-hydrogen) atoms. The summed E-state index contributed by atoms with van der Waals surface area (Å²) in [6.45, 7) is 4.11.